The first kappa shape index (κ1) is 17.7. The van der Waals surface area contributed by atoms with Gasteiger partial charge in [-0.15, -0.1) is 0 Å². The van der Waals surface area contributed by atoms with E-state index in [0.29, 0.717) is 12.0 Å². The number of amides is 1. The Morgan fingerprint density at radius 2 is 1.75 bits per heavy atom. The SMILES string of the molecule is Cc1cccc(CC(CNC(=O)c2cc(C)ccc2C)C(=O)O)c1. The Bertz CT molecular complexity index is 752. The van der Waals surface area contributed by atoms with E-state index >= 15 is 0 Å². The van der Waals surface area contributed by atoms with E-state index in [1.807, 2.05) is 63.2 Å². The number of hydrogen-bond acceptors (Lipinski definition) is 2. The number of carbonyl (C=O) groups is 2. The monoisotopic (exact) mass is 325 g/mol. The highest BCUT2D eigenvalue weighted by Crippen LogP contribution is 2.13. The van der Waals surface area contributed by atoms with Crippen LogP contribution in [0.5, 0.6) is 0 Å². The highest BCUT2D eigenvalue weighted by molar-refractivity contribution is 5.96. The van der Waals surface area contributed by atoms with Crippen molar-refractivity contribution in [3.63, 3.8) is 0 Å². The molecular formula is C20H23NO3. The number of aliphatic carboxylic acids is 1. The lowest BCUT2D eigenvalue weighted by molar-refractivity contribution is -0.141. The van der Waals surface area contributed by atoms with Crippen LogP contribution in [0.15, 0.2) is 42.5 Å². The van der Waals surface area contributed by atoms with Gasteiger partial charge in [-0.2, -0.15) is 0 Å². The van der Waals surface area contributed by atoms with Gasteiger partial charge in [0.25, 0.3) is 5.91 Å². The van der Waals surface area contributed by atoms with Crippen molar-refractivity contribution in [2.24, 2.45) is 5.92 Å². The van der Waals surface area contributed by atoms with Crippen LogP contribution in [0.1, 0.15) is 32.6 Å². The maximum atomic E-state index is 12.3. The zero-order valence-corrected chi connectivity index (χ0v) is 14.3. The van der Waals surface area contributed by atoms with E-state index in [1.54, 1.807) is 0 Å². The fraction of sp³-hybridized carbons (Fsp3) is 0.300. The fourth-order valence-corrected chi connectivity index (χ4v) is 2.66. The number of hydrogen-bond donors (Lipinski definition) is 2. The molecule has 1 amide bonds. The van der Waals surface area contributed by atoms with Crippen molar-refractivity contribution in [3.05, 3.63) is 70.3 Å². The normalized spacial score (nSPS) is 11.8. The molecule has 0 aliphatic carbocycles. The van der Waals surface area contributed by atoms with Gasteiger partial charge >= 0.3 is 5.97 Å². The minimum atomic E-state index is -0.905. The van der Waals surface area contributed by atoms with Gasteiger partial charge in [-0.25, -0.2) is 0 Å². The van der Waals surface area contributed by atoms with Gasteiger partial charge in [-0.3, -0.25) is 9.59 Å². The number of benzene rings is 2. The first-order valence-electron chi connectivity index (χ1n) is 8.00. The van der Waals surface area contributed by atoms with E-state index in [9.17, 15) is 14.7 Å². The first-order chi connectivity index (χ1) is 11.4. The number of carboxylic acid groups (broad SMARTS) is 1. The Morgan fingerprint density at radius 1 is 1.04 bits per heavy atom. The highest BCUT2D eigenvalue weighted by Gasteiger charge is 2.20. The molecule has 0 fully saturated rings. The highest BCUT2D eigenvalue weighted by atomic mass is 16.4. The van der Waals surface area contributed by atoms with Crippen LogP contribution in [0.4, 0.5) is 0 Å². The molecule has 1 atom stereocenters. The molecule has 0 aliphatic rings. The second kappa shape index (κ2) is 7.77. The Balaban J connectivity index is 2.04. The molecule has 0 saturated carbocycles. The van der Waals surface area contributed by atoms with Gasteiger partial charge in [0.1, 0.15) is 0 Å². The minimum Gasteiger partial charge on any atom is -0.481 e. The topological polar surface area (TPSA) is 66.4 Å². The smallest absolute Gasteiger partial charge is 0.308 e. The molecule has 0 aliphatic heterocycles. The van der Waals surface area contributed by atoms with Crippen molar-refractivity contribution in [3.8, 4) is 0 Å². The summed E-state index contributed by atoms with van der Waals surface area (Å²) in [5.74, 6) is -1.79. The van der Waals surface area contributed by atoms with Crippen molar-refractivity contribution < 1.29 is 14.7 Å². The quantitative estimate of drug-likeness (QED) is 0.856. The van der Waals surface area contributed by atoms with Crippen LogP contribution < -0.4 is 5.32 Å². The van der Waals surface area contributed by atoms with Gasteiger partial charge in [-0.05, 0) is 44.4 Å². The summed E-state index contributed by atoms with van der Waals surface area (Å²) in [6.45, 7) is 5.88. The molecule has 1 unspecified atom stereocenters. The first-order valence-corrected chi connectivity index (χ1v) is 8.00. The molecule has 2 N–H and O–H groups in total. The van der Waals surface area contributed by atoms with Crippen molar-refractivity contribution in [1.29, 1.82) is 0 Å². The van der Waals surface area contributed by atoms with Gasteiger partial charge in [0.15, 0.2) is 0 Å². The zero-order valence-electron chi connectivity index (χ0n) is 14.3. The summed E-state index contributed by atoms with van der Waals surface area (Å²) in [4.78, 5) is 23.9. The van der Waals surface area contributed by atoms with Gasteiger partial charge in [0.2, 0.25) is 0 Å². The Morgan fingerprint density at radius 3 is 2.42 bits per heavy atom. The number of rotatable bonds is 6. The van der Waals surface area contributed by atoms with Gasteiger partial charge < -0.3 is 10.4 Å². The van der Waals surface area contributed by atoms with E-state index in [1.165, 1.54) is 0 Å². The maximum Gasteiger partial charge on any atom is 0.308 e. The summed E-state index contributed by atoms with van der Waals surface area (Å²) >= 11 is 0. The second-order valence-corrected chi connectivity index (χ2v) is 6.26. The summed E-state index contributed by atoms with van der Waals surface area (Å²) in [6.07, 6.45) is 0.393. The third kappa shape index (κ3) is 4.69. The molecule has 0 aromatic heterocycles. The molecule has 24 heavy (non-hydrogen) atoms. The average Bonchev–Trinajstić information content (AvgIpc) is 2.53. The fourth-order valence-electron chi connectivity index (χ4n) is 2.66. The van der Waals surface area contributed by atoms with Crippen LogP contribution in [0.25, 0.3) is 0 Å². The number of aryl methyl sites for hydroxylation is 3. The van der Waals surface area contributed by atoms with Crippen LogP contribution in [0.2, 0.25) is 0 Å². The predicted octanol–water partition coefficient (Wildman–Crippen LogP) is 3.29. The summed E-state index contributed by atoms with van der Waals surface area (Å²) in [5.41, 5.74) is 4.53. The molecule has 4 heteroatoms. The predicted molar refractivity (Wildman–Crippen MR) is 94.3 cm³/mol. The molecule has 0 spiro atoms. The maximum absolute atomic E-state index is 12.3. The van der Waals surface area contributed by atoms with Crippen molar-refractivity contribution in [1.82, 2.24) is 5.32 Å². The van der Waals surface area contributed by atoms with E-state index in [4.69, 9.17) is 0 Å². The van der Waals surface area contributed by atoms with Crippen LogP contribution in [0.3, 0.4) is 0 Å². The van der Waals surface area contributed by atoms with Crippen LogP contribution in [-0.2, 0) is 11.2 Å². The van der Waals surface area contributed by atoms with Crippen molar-refractivity contribution >= 4 is 11.9 Å². The Kier molecular flexibility index (Phi) is 5.74. The van der Waals surface area contributed by atoms with Crippen LogP contribution >= 0.6 is 0 Å². The van der Waals surface area contributed by atoms with Crippen LogP contribution in [0, 0.1) is 26.7 Å². The zero-order chi connectivity index (χ0) is 17.7. The third-order valence-corrected chi connectivity index (χ3v) is 4.06. The standard InChI is InChI=1S/C20H23NO3/c1-13-5-4-6-16(9-13)11-17(20(23)24)12-21-19(22)18-10-14(2)7-8-15(18)3/h4-10,17H,11-12H2,1-3H3,(H,21,22)(H,23,24). The molecule has 0 radical (unpaired) electrons. The summed E-state index contributed by atoms with van der Waals surface area (Å²) in [6, 6.07) is 13.4. The largest absolute Gasteiger partial charge is 0.481 e. The average molecular weight is 325 g/mol. The van der Waals surface area contributed by atoms with E-state index in [0.717, 1.165) is 22.3 Å². The molecule has 2 aromatic rings. The summed E-state index contributed by atoms with van der Waals surface area (Å²) < 4.78 is 0. The second-order valence-electron chi connectivity index (χ2n) is 6.26. The molecule has 2 aromatic carbocycles. The summed E-state index contributed by atoms with van der Waals surface area (Å²) in [7, 11) is 0. The van der Waals surface area contributed by atoms with E-state index in [2.05, 4.69) is 5.32 Å². The van der Waals surface area contributed by atoms with Crippen molar-refractivity contribution in [2.75, 3.05) is 6.54 Å². The molecule has 0 saturated heterocycles. The number of carboxylic acids is 1. The van der Waals surface area contributed by atoms with Gasteiger partial charge in [0, 0.05) is 12.1 Å². The molecule has 2 rings (SSSR count). The lowest BCUT2D eigenvalue weighted by Gasteiger charge is -2.15. The van der Waals surface area contributed by atoms with Crippen molar-refractivity contribution in [2.45, 2.75) is 27.2 Å². The lowest BCUT2D eigenvalue weighted by Crippen LogP contribution is -2.34. The van der Waals surface area contributed by atoms with E-state index in [-0.39, 0.29) is 12.5 Å². The number of nitrogens with one attached hydrogen (secondary N) is 1. The molecular weight excluding hydrogens is 302 g/mol. The van der Waals surface area contributed by atoms with Crippen LogP contribution in [-0.4, -0.2) is 23.5 Å². The van der Waals surface area contributed by atoms with Gasteiger partial charge in [0.05, 0.1) is 5.92 Å². The molecule has 0 bridgehead atoms. The summed E-state index contributed by atoms with van der Waals surface area (Å²) in [5, 5.41) is 12.2. The van der Waals surface area contributed by atoms with Gasteiger partial charge in [-0.1, -0.05) is 47.5 Å². The third-order valence-electron chi connectivity index (χ3n) is 4.06. The Hall–Kier alpha value is -2.62. The minimum absolute atomic E-state index is 0.107. The van der Waals surface area contributed by atoms with E-state index < -0.39 is 11.9 Å². The Labute approximate surface area is 142 Å². The lowest BCUT2D eigenvalue weighted by atomic mass is 9.98. The number of carbonyl (C=O) groups excluding carboxylic acids is 1. The molecule has 0 heterocycles. The molecule has 4 nitrogen and oxygen atoms in total. The molecule has 126 valence electrons.